The van der Waals surface area contributed by atoms with Crippen LogP contribution in [0.5, 0.6) is 5.75 Å². The molecule has 0 bridgehead atoms. The predicted molar refractivity (Wildman–Crippen MR) is 107 cm³/mol. The molecule has 0 unspecified atom stereocenters. The number of ether oxygens (including phenoxy) is 1. The minimum atomic E-state index is -3.80. The van der Waals surface area contributed by atoms with Crippen LogP contribution < -0.4 is 14.8 Å². The minimum absolute atomic E-state index is 0.0673. The highest BCUT2D eigenvalue weighted by atomic mass is 32.2. The van der Waals surface area contributed by atoms with Crippen LogP contribution in [-0.4, -0.2) is 27.5 Å². The van der Waals surface area contributed by atoms with Crippen molar-refractivity contribution in [3.8, 4) is 5.75 Å². The molecule has 0 aliphatic rings. The molecule has 0 fully saturated rings. The second-order valence-corrected chi connectivity index (χ2v) is 8.56. The van der Waals surface area contributed by atoms with Crippen LogP contribution in [0, 0.1) is 0 Å². The van der Waals surface area contributed by atoms with Gasteiger partial charge in [0, 0.05) is 17.3 Å². The van der Waals surface area contributed by atoms with E-state index in [-0.39, 0.29) is 28.2 Å². The lowest BCUT2D eigenvalue weighted by Crippen LogP contribution is -2.30. The topological polar surface area (TPSA) is 84.5 Å². The SMILES string of the molecule is COc1ccc(C(=O)Nc2cccc(C(C)C)c2)cc1S(=O)(=O)NC(C)C. The summed E-state index contributed by atoms with van der Waals surface area (Å²) in [5.41, 5.74) is 1.99. The number of hydrogen-bond acceptors (Lipinski definition) is 4. The second kappa shape index (κ2) is 8.54. The Bertz CT molecular complexity index is 921. The molecule has 0 aliphatic carbocycles. The summed E-state index contributed by atoms with van der Waals surface area (Å²) >= 11 is 0. The Morgan fingerprint density at radius 2 is 1.74 bits per heavy atom. The fourth-order valence-corrected chi connectivity index (χ4v) is 4.03. The first-order valence-corrected chi connectivity index (χ1v) is 10.2. The highest BCUT2D eigenvalue weighted by Gasteiger charge is 2.22. The van der Waals surface area contributed by atoms with Crippen LogP contribution in [0.4, 0.5) is 5.69 Å². The predicted octanol–water partition coefficient (Wildman–Crippen LogP) is 3.76. The van der Waals surface area contributed by atoms with Crippen molar-refractivity contribution in [2.75, 3.05) is 12.4 Å². The van der Waals surface area contributed by atoms with Crippen molar-refractivity contribution in [3.63, 3.8) is 0 Å². The van der Waals surface area contributed by atoms with Crippen LogP contribution in [0.1, 0.15) is 49.5 Å². The lowest BCUT2D eigenvalue weighted by Gasteiger charge is -2.14. The van der Waals surface area contributed by atoms with Crippen molar-refractivity contribution in [2.45, 2.75) is 44.6 Å². The molecule has 0 aromatic heterocycles. The van der Waals surface area contributed by atoms with E-state index < -0.39 is 10.0 Å². The van der Waals surface area contributed by atoms with Gasteiger partial charge in [0.2, 0.25) is 10.0 Å². The summed E-state index contributed by atoms with van der Waals surface area (Å²) in [6, 6.07) is 11.6. The monoisotopic (exact) mass is 390 g/mol. The summed E-state index contributed by atoms with van der Waals surface area (Å²) in [6.07, 6.45) is 0. The van der Waals surface area contributed by atoms with Crippen LogP contribution in [0.2, 0.25) is 0 Å². The third-order valence-corrected chi connectivity index (χ3v) is 5.60. The third kappa shape index (κ3) is 5.30. The van der Waals surface area contributed by atoms with Gasteiger partial charge in [-0.3, -0.25) is 4.79 Å². The highest BCUT2D eigenvalue weighted by molar-refractivity contribution is 7.89. The van der Waals surface area contributed by atoms with E-state index in [4.69, 9.17) is 4.74 Å². The minimum Gasteiger partial charge on any atom is -0.495 e. The zero-order valence-corrected chi connectivity index (χ0v) is 17.1. The van der Waals surface area contributed by atoms with Gasteiger partial charge in [-0.25, -0.2) is 13.1 Å². The van der Waals surface area contributed by atoms with E-state index in [1.165, 1.54) is 25.3 Å². The molecule has 0 saturated carbocycles. The molecule has 2 N–H and O–H groups in total. The van der Waals surface area contributed by atoms with E-state index in [1.807, 2.05) is 18.2 Å². The van der Waals surface area contributed by atoms with E-state index in [0.29, 0.717) is 11.6 Å². The van der Waals surface area contributed by atoms with Gasteiger partial charge in [0.25, 0.3) is 5.91 Å². The van der Waals surface area contributed by atoms with Crippen LogP contribution in [-0.2, 0) is 10.0 Å². The molecule has 2 rings (SSSR count). The molecule has 0 aliphatic heterocycles. The largest absolute Gasteiger partial charge is 0.495 e. The van der Waals surface area contributed by atoms with Crippen molar-refractivity contribution in [3.05, 3.63) is 53.6 Å². The zero-order valence-electron chi connectivity index (χ0n) is 16.2. The number of sulfonamides is 1. The van der Waals surface area contributed by atoms with Crippen molar-refractivity contribution < 1.29 is 17.9 Å². The average molecular weight is 391 g/mol. The second-order valence-electron chi connectivity index (χ2n) is 6.88. The fourth-order valence-electron chi connectivity index (χ4n) is 2.58. The maximum atomic E-state index is 12.6. The van der Waals surface area contributed by atoms with Crippen LogP contribution >= 0.6 is 0 Å². The molecule has 146 valence electrons. The van der Waals surface area contributed by atoms with Gasteiger partial charge in [0.15, 0.2) is 0 Å². The Labute approximate surface area is 161 Å². The van der Waals surface area contributed by atoms with Crippen molar-refractivity contribution >= 4 is 21.6 Å². The van der Waals surface area contributed by atoms with E-state index in [1.54, 1.807) is 19.9 Å². The van der Waals surface area contributed by atoms with E-state index in [0.717, 1.165) is 5.56 Å². The highest BCUT2D eigenvalue weighted by Crippen LogP contribution is 2.26. The van der Waals surface area contributed by atoms with Crippen molar-refractivity contribution in [1.29, 1.82) is 0 Å². The first-order valence-electron chi connectivity index (χ1n) is 8.75. The number of rotatable bonds is 7. The fraction of sp³-hybridized carbons (Fsp3) is 0.350. The standard InChI is InChI=1S/C20H26N2O4S/c1-13(2)15-7-6-8-17(11-15)21-20(23)16-9-10-18(26-5)19(12-16)27(24,25)22-14(3)4/h6-14,22H,1-5H3,(H,21,23). The van der Waals surface area contributed by atoms with Crippen LogP contribution in [0.25, 0.3) is 0 Å². The number of methoxy groups -OCH3 is 1. The third-order valence-electron chi connectivity index (χ3n) is 3.92. The van der Waals surface area contributed by atoms with Crippen LogP contribution in [0.15, 0.2) is 47.4 Å². The Morgan fingerprint density at radius 3 is 2.33 bits per heavy atom. The number of anilines is 1. The summed E-state index contributed by atoms with van der Waals surface area (Å²) in [4.78, 5) is 12.6. The molecule has 6 nitrogen and oxygen atoms in total. The van der Waals surface area contributed by atoms with Crippen LogP contribution in [0.3, 0.4) is 0 Å². The zero-order chi connectivity index (χ0) is 20.2. The first kappa shape index (κ1) is 20.9. The molecule has 0 atom stereocenters. The molecular formula is C20H26N2O4S. The first-order chi connectivity index (χ1) is 12.6. The molecular weight excluding hydrogens is 364 g/mol. The average Bonchev–Trinajstić information content (AvgIpc) is 2.60. The Kier molecular flexibility index (Phi) is 6.62. The summed E-state index contributed by atoms with van der Waals surface area (Å²) in [7, 11) is -2.41. The normalized spacial score (nSPS) is 11.7. The molecule has 0 saturated heterocycles. The van der Waals surface area contributed by atoms with Gasteiger partial charge < -0.3 is 10.1 Å². The van der Waals surface area contributed by atoms with Crippen molar-refractivity contribution in [1.82, 2.24) is 4.72 Å². The van der Waals surface area contributed by atoms with E-state index >= 15 is 0 Å². The molecule has 0 radical (unpaired) electrons. The lowest BCUT2D eigenvalue weighted by molar-refractivity contribution is 0.102. The van der Waals surface area contributed by atoms with E-state index in [9.17, 15) is 13.2 Å². The summed E-state index contributed by atoms with van der Waals surface area (Å²) in [5.74, 6) is 0.128. The molecule has 2 aromatic rings. The Balaban J connectivity index is 2.35. The molecule has 0 heterocycles. The number of hydrogen-bond donors (Lipinski definition) is 2. The molecule has 1 amide bonds. The number of carbonyl (C=O) groups excluding carboxylic acids is 1. The van der Waals surface area contributed by atoms with Gasteiger partial charge >= 0.3 is 0 Å². The quantitative estimate of drug-likeness (QED) is 0.754. The summed E-state index contributed by atoms with van der Waals surface area (Å²) < 4.78 is 32.8. The summed E-state index contributed by atoms with van der Waals surface area (Å²) in [6.45, 7) is 7.59. The number of amides is 1. The smallest absolute Gasteiger partial charge is 0.255 e. The maximum absolute atomic E-state index is 12.6. The number of carbonyl (C=O) groups is 1. The van der Waals surface area contributed by atoms with E-state index in [2.05, 4.69) is 23.9 Å². The molecule has 27 heavy (non-hydrogen) atoms. The summed E-state index contributed by atoms with van der Waals surface area (Å²) in [5, 5.41) is 2.82. The van der Waals surface area contributed by atoms with Gasteiger partial charge in [-0.15, -0.1) is 0 Å². The number of benzene rings is 2. The van der Waals surface area contributed by atoms with Crippen molar-refractivity contribution in [2.24, 2.45) is 0 Å². The van der Waals surface area contributed by atoms with Gasteiger partial charge in [-0.05, 0) is 55.7 Å². The molecule has 7 heteroatoms. The van der Waals surface area contributed by atoms with Gasteiger partial charge in [0.1, 0.15) is 10.6 Å². The number of nitrogens with one attached hydrogen (secondary N) is 2. The Morgan fingerprint density at radius 1 is 1.04 bits per heavy atom. The Hall–Kier alpha value is -2.38. The maximum Gasteiger partial charge on any atom is 0.255 e. The lowest BCUT2D eigenvalue weighted by atomic mass is 10.0. The molecule has 0 spiro atoms. The van der Waals surface area contributed by atoms with Gasteiger partial charge in [-0.2, -0.15) is 0 Å². The van der Waals surface area contributed by atoms with Gasteiger partial charge in [0.05, 0.1) is 7.11 Å². The van der Waals surface area contributed by atoms with Gasteiger partial charge in [-0.1, -0.05) is 26.0 Å². The molecule has 2 aromatic carbocycles.